The second-order valence-electron chi connectivity index (χ2n) is 3.55. The molecule has 1 aromatic rings. The van der Waals surface area contributed by atoms with Crippen molar-refractivity contribution in [2.45, 2.75) is 12.8 Å². The van der Waals surface area contributed by atoms with Gasteiger partial charge in [-0.2, -0.15) is 5.26 Å². The molecule has 0 fully saturated rings. The van der Waals surface area contributed by atoms with E-state index in [1.54, 1.807) is 0 Å². The zero-order chi connectivity index (χ0) is 9.26. The zero-order valence-corrected chi connectivity index (χ0v) is 7.33. The average Bonchev–Trinajstić information content (AvgIpc) is 2.58. The van der Waals surface area contributed by atoms with Crippen LogP contribution in [-0.2, 0) is 12.8 Å². The number of benzene rings is 1. The second-order valence-corrected chi connectivity index (χ2v) is 3.55. The van der Waals surface area contributed by atoms with Crippen LogP contribution in [0.5, 0.6) is 0 Å². The Morgan fingerprint density at radius 3 is 2.85 bits per heavy atom. The molecule has 0 heterocycles. The molecule has 0 radical (unpaired) electrons. The van der Waals surface area contributed by atoms with Gasteiger partial charge in [-0.05, 0) is 42.0 Å². The Balaban J connectivity index is 2.32. The third kappa shape index (κ3) is 1.43. The lowest BCUT2D eigenvalue weighted by Crippen LogP contribution is -2.04. The van der Waals surface area contributed by atoms with E-state index in [-0.39, 0.29) is 6.61 Å². The van der Waals surface area contributed by atoms with Gasteiger partial charge in [0.05, 0.1) is 11.6 Å². The maximum absolute atomic E-state index is 9.00. The molecule has 66 valence electrons. The predicted octanol–water partition coefficient (Wildman–Crippen LogP) is 1.27. The molecule has 1 atom stereocenters. The summed E-state index contributed by atoms with van der Waals surface area (Å²) < 4.78 is 0. The van der Waals surface area contributed by atoms with E-state index in [0.29, 0.717) is 5.92 Å². The van der Waals surface area contributed by atoms with Crippen LogP contribution >= 0.6 is 0 Å². The van der Waals surface area contributed by atoms with Gasteiger partial charge in [0.15, 0.2) is 0 Å². The van der Waals surface area contributed by atoms with Crippen molar-refractivity contribution in [1.29, 1.82) is 5.26 Å². The monoisotopic (exact) mass is 173 g/mol. The van der Waals surface area contributed by atoms with Crippen LogP contribution in [0.1, 0.15) is 16.7 Å². The number of hydrogen-bond donors (Lipinski definition) is 1. The summed E-state index contributed by atoms with van der Waals surface area (Å²) >= 11 is 0. The van der Waals surface area contributed by atoms with Crippen molar-refractivity contribution in [2.24, 2.45) is 5.92 Å². The number of nitrogens with zero attached hydrogens (tertiary/aromatic N) is 1. The summed E-state index contributed by atoms with van der Waals surface area (Å²) in [5, 5.41) is 17.7. The van der Waals surface area contributed by atoms with Gasteiger partial charge in [-0.3, -0.25) is 0 Å². The molecular weight excluding hydrogens is 162 g/mol. The van der Waals surface area contributed by atoms with Crippen molar-refractivity contribution in [3.63, 3.8) is 0 Å². The molecule has 0 unspecified atom stereocenters. The number of hydrogen-bond acceptors (Lipinski definition) is 2. The molecule has 1 aromatic carbocycles. The van der Waals surface area contributed by atoms with E-state index in [2.05, 4.69) is 6.07 Å². The van der Waals surface area contributed by atoms with E-state index < -0.39 is 0 Å². The number of fused-ring (bicyclic) bond motifs is 1. The summed E-state index contributed by atoms with van der Waals surface area (Å²) in [5.74, 6) is 0.365. The van der Waals surface area contributed by atoms with Gasteiger partial charge in [0.1, 0.15) is 0 Å². The minimum atomic E-state index is 0.247. The summed E-state index contributed by atoms with van der Waals surface area (Å²) in [6.07, 6.45) is 1.87. The fourth-order valence-electron chi connectivity index (χ4n) is 1.91. The smallest absolute Gasteiger partial charge is 0.0991 e. The van der Waals surface area contributed by atoms with Crippen LogP contribution in [0.15, 0.2) is 18.2 Å². The highest BCUT2D eigenvalue weighted by molar-refractivity contribution is 5.40. The van der Waals surface area contributed by atoms with E-state index in [9.17, 15) is 0 Å². The topological polar surface area (TPSA) is 44.0 Å². The first-order chi connectivity index (χ1) is 6.33. The van der Waals surface area contributed by atoms with Crippen LogP contribution in [-0.4, -0.2) is 11.7 Å². The van der Waals surface area contributed by atoms with Crippen LogP contribution in [0.2, 0.25) is 0 Å². The molecule has 0 saturated carbocycles. The third-order valence-corrected chi connectivity index (χ3v) is 2.61. The molecule has 0 bridgehead atoms. The standard InChI is InChI=1S/C11H11NO/c12-6-8-1-2-10-4-9(7-13)5-11(10)3-8/h1-3,9,13H,4-5,7H2/t9-/m1/s1. The first kappa shape index (κ1) is 8.28. The Labute approximate surface area is 77.4 Å². The maximum Gasteiger partial charge on any atom is 0.0991 e. The molecule has 0 aromatic heterocycles. The highest BCUT2D eigenvalue weighted by atomic mass is 16.3. The van der Waals surface area contributed by atoms with Crippen molar-refractivity contribution < 1.29 is 5.11 Å². The molecule has 13 heavy (non-hydrogen) atoms. The van der Waals surface area contributed by atoms with E-state index in [0.717, 1.165) is 18.4 Å². The van der Waals surface area contributed by atoms with Gasteiger partial charge in [0.25, 0.3) is 0 Å². The van der Waals surface area contributed by atoms with Gasteiger partial charge in [0.2, 0.25) is 0 Å². The summed E-state index contributed by atoms with van der Waals surface area (Å²) in [7, 11) is 0. The molecule has 0 aliphatic heterocycles. The lowest BCUT2D eigenvalue weighted by atomic mass is 10.1. The molecule has 2 heteroatoms. The van der Waals surface area contributed by atoms with Gasteiger partial charge in [-0.1, -0.05) is 6.07 Å². The van der Waals surface area contributed by atoms with Crippen LogP contribution < -0.4 is 0 Å². The maximum atomic E-state index is 9.00. The normalized spacial score (nSPS) is 19.5. The van der Waals surface area contributed by atoms with E-state index in [1.807, 2.05) is 18.2 Å². The van der Waals surface area contributed by atoms with Crippen molar-refractivity contribution >= 4 is 0 Å². The lowest BCUT2D eigenvalue weighted by Gasteiger charge is -2.00. The van der Waals surface area contributed by atoms with E-state index >= 15 is 0 Å². The number of rotatable bonds is 1. The van der Waals surface area contributed by atoms with Gasteiger partial charge in [0, 0.05) is 6.61 Å². The minimum Gasteiger partial charge on any atom is -0.396 e. The van der Waals surface area contributed by atoms with Crippen LogP contribution in [0.3, 0.4) is 0 Å². The molecule has 0 spiro atoms. The Morgan fingerprint density at radius 2 is 2.15 bits per heavy atom. The number of nitriles is 1. The Bertz CT molecular complexity index is 365. The first-order valence-corrected chi connectivity index (χ1v) is 4.46. The molecule has 1 aliphatic carbocycles. The van der Waals surface area contributed by atoms with Crippen molar-refractivity contribution in [3.8, 4) is 6.07 Å². The van der Waals surface area contributed by atoms with Crippen LogP contribution in [0, 0.1) is 17.2 Å². The number of aliphatic hydroxyl groups excluding tert-OH is 1. The fraction of sp³-hybridized carbons (Fsp3) is 0.364. The lowest BCUT2D eigenvalue weighted by molar-refractivity contribution is 0.232. The SMILES string of the molecule is N#Cc1ccc2c(c1)C[C@H](CO)C2. The van der Waals surface area contributed by atoms with Crippen LogP contribution in [0.25, 0.3) is 0 Å². The van der Waals surface area contributed by atoms with E-state index in [4.69, 9.17) is 10.4 Å². The molecule has 2 nitrogen and oxygen atoms in total. The zero-order valence-electron chi connectivity index (χ0n) is 7.33. The Kier molecular flexibility index (Phi) is 2.03. The van der Waals surface area contributed by atoms with Crippen molar-refractivity contribution in [2.75, 3.05) is 6.61 Å². The molecule has 1 aliphatic rings. The van der Waals surface area contributed by atoms with Crippen molar-refractivity contribution in [3.05, 3.63) is 34.9 Å². The van der Waals surface area contributed by atoms with Gasteiger partial charge in [-0.15, -0.1) is 0 Å². The highest BCUT2D eigenvalue weighted by Crippen LogP contribution is 2.26. The highest BCUT2D eigenvalue weighted by Gasteiger charge is 2.20. The number of aliphatic hydroxyl groups is 1. The van der Waals surface area contributed by atoms with Gasteiger partial charge >= 0.3 is 0 Å². The Morgan fingerprint density at radius 1 is 1.38 bits per heavy atom. The summed E-state index contributed by atoms with van der Waals surface area (Å²) in [6, 6.07) is 7.91. The largest absolute Gasteiger partial charge is 0.396 e. The molecule has 2 rings (SSSR count). The molecular formula is C11H11NO. The minimum absolute atomic E-state index is 0.247. The predicted molar refractivity (Wildman–Crippen MR) is 49.1 cm³/mol. The van der Waals surface area contributed by atoms with Gasteiger partial charge < -0.3 is 5.11 Å². The average molecular weight is 173 g/mol. The summed E-state index contributed by atoms with van der Waals surface area (Å²) in [6.45, 7) is 0.247. The van der Waals surface area contributed by atoms with Crippen LogP contribution in [0.4, 0.5) is 0 Å². The molecule has 0 amide bonds. The first-order valence-electron chi connectivity index (χ1n) is 4.46. The third-order valence-electron chi connectivity index (χ3n) is 2.61. The fourth-order valence-corrected chi connectivity index (χ4v) is 1.91. The summed E-state index contributed by atoms with van der Waals surface area (Å²) in [4.78, 5) is 0. The quantitative estimate of drug-likeness (QED) is 0.695. The van der Waals surface area contributed by atoms with E-state index in [1.165, 1.54) is 11.1 Å². The van der Waals surface area contributed by atoms with Crippen molar-refractivity contribution in [1.82, 2.24) is 0 Å². The second kappa shape index (κ2) is 3.20. The molecule has 1 N–H and O–H groups in total. The van der Waals surface area contributed by atoms with Gasteiger partial charge in [-0.25, -0.2) is 0 Å². The summed E-state index contributed by atoms with van der Waals surface area (Å²) in [5.41, 5.74) is 3.24. The Hall–Kier alpha value is -1.33. The molecule has 0 saturated heterocycles.